The van der Waals surface area contributed by atoms with E-state index in [2.05, 4.69) is 55.7 Å². The monoisotopic (exact) mass is 420 g/mol. The van der Waals surface area contributed by atoms with Gasteiger partial charge in [-0.15, -0.1) is 0 Å². The zero-order valence-electron chi connectivity index (χ0n) is 18.6. The minimum atomic E-state index is 0.615. The minimum Gasteiger partial charge on any atom is -0.334 e. The molecular formula is C25H36N6. The molecule has 2 aromatic rings. The molecule has 0 bridgehead atoms. The molecule has 2 saturated carbocycles. The van der Waals surface area contributed by atoms with Gasteiger partial charge in [0.05, 0.1) is 18.6 Å². The van der Waals surface area contributed by atoms with E-state index in [0.29, 0.717) is 6.04 Å². The quantitative estimate of drug-likeness (QED) is 0.776. The van der Waals surface area contributed by atoms with E-state index >= 15 is 0 Å². The number of pyridine rings is 1. The van der Waals surface area contributed by atoms with Gasteiger partial charge in [-0.1, -0.05) is 6.08 Å². The van der Waals surface area contributed by atoms with Crippen LogP contribution in [0.5, 0.6) is 0 Å². The average molecular weight is 421 g/mol. The van der Waals surface area contributed by atoms with Crippen molar-refractivity contribution in [3.8, 4) is 0 Å². The van der Waals surface area contributed by atoms with Crippen LogP contribution in [0.1, 0.15) is 56.0 Å². The molecule has 2 aliphatic heterocycles. The molecule has 4 heterocycles. The lowest BCUT2D eigenvalue weighted by Crippen LogP contribution is -2.45. The lowest BCUT2D eigenvalue weighted by Gasteiger charge is -2.35. The molecule has 6 heteroatoms. The van der Waals surface area contributed by atoms with E-state index in [1.54, 1.807) is 5.56 Å². The van der Waals surface area contributed by atoms with Crippen molar-refractivity contribution in [1.82, 2.24) is 25.1 Å². The van der Waals surface area contributed by atoms with Crippen LogP contribution in [0.2, 0.25) is 0 Å². The first kappa shape index (κ1) is 19.8. The molecule has 0 atom stereocenters. The van der Waals surface area contributed by atoms with Crippen LogP contribution < -0.4 is 15.5 Å². The largest absolute Gasteiger partial charge is 0.334 e. The van der Waals surface area contributed by atoms with Crippen molar-refractivity contribution in [2.24, 2.45) is 5.92 Å². The van der Waals surface area contributed by atoms with Crippen molar-refractivity contribution in [3.05, 3.63) is 36.3 Å². The smallest absolute Gasteiger partial charge is 0.140 e. The van der Waals surface area contributed by atoms with Crippen molar-refractivity contribution in [1.29, 1.82) is 0 Å². The van der Waals surface area contributed by atoms with Crippen LogP contribution in [0.15, 0.2) is 30.7 Å². The maximum Gasteiger partial charge on any atom is 0.140 e. The second-order valence-corrected chi connectivity index (χ2v) is 10.0. The second-order valence-electron chi connectivity index (χ2n) is 10.0. The van der Waals surface area contributed by atoms with Gasteiger partial charge in [-0.2, -0.15) is 0 Å². The van der Waals surface area contributed by atoms with Crippen molar-refractivity contribution >= 4 is 16.7 Å². The molecule has 2 aromatic heterocycles. The first-order valence-corrected chi connectivity index (χ1v) is 12.4. The molecule has 2 N–H and O–H groups in total. The summed E-state index contributed by atoms with van der Waals surface area (Å²) in [4.78, 5) is 9.96. The van der Waals surface area contributed by atoms with Gasteiger partial charge in [0.25, 0.3) is 0 Å². The summed E-state index contributed by atoms with van der Waals surface area (Å²) in [5.41, 5.74) is 3.96. The summed E-state index contributed by atoms with van der Waals surface area (Å²) in [6.45, 7) is 7.87. The van der Waals surface area contributed by atoms with Crippen molar-refractivity contribution < 1.29 is 0 Å². The maximum atomic E-state index is 5.02. The van der Waals surface area contributed by atoms with Crippen molar-refractivity contribution in [2.45, 2.75) is 50.5 Å². The lowest BCUT2D eigenvalue weighted by atomic mass is 9.85. The molecule has 31 heavy (non-hydrogen) atoms. The molecule has 0 amide bonds. The molecule has 3 fully saturated rings. The molecule has 166 valence electrons. The van der Waals surface area contributed by atoms with Gasteiger partial charge < -0.3 is 19.7 Å². The Hall–Kier alpha value is -1.89. The van der Waals surface area contributed by atoms with Crippen LogP contribution in [0.4, 0.5) is 5.69 Å². The third kappa shape index (κ3) is 4.13. The Morgan fingerprint density at radius 1 is 1.00 bits per heavy atom. The molecule has 2 aliphatic carbocycles. The Labute approximate surface area is 185 Å². The van der Waals surface area contributed by atoms with E-state index in [1.165, 1.54) is 74.9 Å². The summed E-state index contributed by atoms with van der Waals surface area (Å²) in [5.74, 6) is 1.62. The summed E-state index contributed by atoms with van der Waals surface area (Å²) in [6, 6.07) is 3.00. The summed E-state index contributed by atoms with van der Waals surface area (Å²) >= 11 is 0. The Bertz CT molecular complexity index is 931. The van der Waals surface area contributed by atoms with Gasteiger partial charge >= 0.3 is 0 Å². The van der Waals surface area contributed by atoms with E-state index in [4.69, 9.17) is 4.98 Å². The Balaban J connectivity index is 1.21. The van der Waals surface area contributed by atoms with Gasteiger partial charge in [0, 0.05) is 63.1 Å². The van der Waals surface area contributed by atoms with E-state index in [0.717, 1.165) is 38.1 Å². The Morgan fingerprint density at radius 3 is 2.58 bits per heavy atom. The minimum absolute atomic E-state index is 0.615. The van der Waals surface area contributed by atoms with E-state index in [9.17, 15) is 0 Å². The predicted molar refractivity (Wildman–Crippen MR) is 127 cm³/mol. The van der Waals surface area contributed by atoms with Gasteiger partial charge in [0.15, 0.2) is 0 Å². The fraction of sp³-hybridized carbons (Fsp3) is 0.640. The van der Waals surface area contributed by atoms with E-state index < -0.39 is 0 Å². The van der Waals surface area contributed by atoms with Crippen LogP contribution in [0.25, 0.3) is 11.0 Å². The molecule has 0 unspecified atom stereocenters. The Morgan fingerprint density at radius 2 is 1.84 bits per heavy atom. The number of hydrogen-bond acceptors (Lipinski definition) is 5. The number of aromatic nitrogens is 2. The molecule has 6 rings (SSSR count). The standard InChI is InChI=1S/C25H36N6/c1-8-27-18-30(11-1)22-14-23-24(20-4-5-20)17-31(25(23)28-15-22)21-6-2-19(3-7-21)16-29-12-9-26-10-13-29/h1,11,14-15,17,19-21,26-27H,2-10,12-13,16,18H2. The fourth-order valence-electron chi connectivity index (χ4n) is 5.84. The maximum absolute atomic E-state index is 5.02. The molecule has 0 aromatic carbocycles. The summed E-state index contributed by atoms with van der Waals surface area (Å²) < 4.78 is 2.55. The highest BCUT2D eigenvalue weighted by Gasteiger charge is 2.31. The molecule has 0 radical (unpaired) electrons. The highest BCUT2D eigenvalue weighted by molar-refractivity contribution is 5.85. The average Bonchev–Trinajstić information content (AvgIpc) is 3.61. The van der Waals surface area contributed by atoms with Crippen LogP contribution >= 0.6 is 0 Å². The van der Waals surface area contributed by atoms with Crippen molar-refractivity contribution in [3.63, 3.8) is 0 Å². The van der Waals surface area contributed by atoms with Gasteiger partial charge in [-0.25, -0.2) is 4.98 Å². The number of nitrogens with one attached hydrogen (secondary N) is 2. The lowest BCUT2D eigenvalue weighted by molar-refractivity contribution is 0.168. The summed E-state index contributed by atoms with van der Waals surface area (Å²) in [7, 11) is 0. The fourth-order valence-corrected chi connectivity index (χ4v) is 5.84. The van der Waals surface area contributed by atoms with Crippen LogP contribution in [0.3, 0.4) is 0 Å². The third-order valence-corrected chi connectivity index (χ3v) is 7.80. The summed E-state index contributed by atoms with van der Waals surface area (Å²) in [6.07, 6.45) is 16.9. The van der Waals surface area contributed by atoms with E-state index in [-0.39, 0.29) is 0 Å². The number of nitrogens with zero attached hydrogens (tertiary/aromatic N) is 4. The van der Waals surface area contributed by atoms with Crippen LogP contribution in [-0.2, 0) is 0 Å². The molecule has 4 aliphatic rings. The molecular weight excluding hydrogens is 384 g/mol. The summed E-state index contributed by atoms with van der Waals surface area (Å²) in [5, 5.41) is 8.29. The van der Waals surface area contributed by atoms with Gasteiger partial charge in [0.1, 0.15) is 5.65 Å². The number of rotatable bonds is 5. The number of piperazine rings is 1. The third-order valence-electron chi connectivity index (χ3n) is 7.80. The van der Waals surface area contributed by atoms with Crippen LogP contribution in [-0.4, -0.2) is 60.4 Å². The number of anilines is 1. The van der Waals surface area contributed by atoms with Gasteiger partial charge in [-0.3, -0.25) is 5.32 Å². The van der Waals surface area contributed by atoms with Crippen LogP contribution in [0, 0.1) is 5.92 Å². The molecule has 0 spiro atoms. The highest BCUT2D eigenvalue weighted by atomic mass is 15.2. The SMILES string of the molecule is C1=CN(c2cnc3c(c2)c(C2CC2)cn3C2CCC(CN3CCNCC3)CC2)CNC1. The van der Waals surface area contributed by atoms with E-state index in [1.807, 2.05) is 0 Å². The normalized spacial score (nSPS) is 27.8. The Kier molecular flexibility index (Phi) is 5.46. The zero-order chi connectivity index (χ0) is 20.6. The first-order chi connectivity index (χ1) is 15.3. The van der Waals surface area contributed by atoms with Gasteiger partial charge in [0.2, 0.25) is 0 Å². The predicted octanol–water partition coefficient (Wildman–Crippen LogP) is 3.43. The molecule has 1 saturated heterocycles. The zero-order valence-corrected chi connectivity index (χ0v) is 18.6. The molecule has 6 nitrogen and oxygen atoms in total. The second kappa shape index (κ2) is 8.57. The topological polar surface area (TPSA) is 48.4 Å². The highest BCUT2D eigenvalue weighted by Crippen LogP contribution is 2.46. The van der Waals surface area contributed by atoms with Crippen molar-refractivity contribution in [2.75, 3.05) is 50.8 Å². The van der Waals surface area contributed by atoms with Gasteiger partial charge in [-0.05, 0) is 62.0 Å². The first-order valence-electron chi connectivity index (χ1n) is 12.4. The number of hydrogen-bond donors (Lipinski definition) is 2. The number of fused-ring (bicyclic) bond motifs is 1.